The first-order valence-electron chi connectivity index (χ1n) is 5.58. The summed E-state index contributed by atoms with van der Waals surface area (Å²) in [5.41, 5.74) is 0.969. The summed E-state index contributed by atoms with van der Waals surface area (Å²) in [4.78, 5) is 0. The van der Waals surface area contributed by atoms with E-state index in [9.17, 15) is 8.78 Å². The lowest BCUT2D eigenvalue weighted by molar-refractivity contribution is 0.623. The van der Waals surface area contributed by atoms with Gasteiger partial charge in [-0.3, -0.25) is 0 Å². The summed E-state index contributed by atoms with van der Waals surface area (Å²) in [5, 5.41) is 1.60. The van der Waals surface area contributed by atoms with E-state index in [2.05, 4.69) is 6.92 Å². The molecule has 0 fully saturated rings. The van der Waals surface area contributed by atoms with Gasteiger partial charge in [0.25, 0.3) is 0 Å². The molecule has 0 aromatic heterocycles. The fourth-order valence-electron chi connectivity index (χ4n) is 1.95. The van der Waals surface area contributed by atoms with Crippen LogP contribution in [0.1, 0.15) is 25.3 Å². The summed E-state index contributed by atoms with van der Waals surface area (Å²) in [6, 6.07) is 7.47. The van der Waals surface area contributed by atoms with E-state index in [1.54, 1.807) is 12.1 Å². The number of hydrogen-bond donors (Lipinski definition) is 0. The molecule has 0 bridgehead atoms. The molecule has 0 nitrogen and oxygen atoms in total. The molecule has 2 aromatic carbocycles. The molecule has 0 saturated carbocycles. The minimum atomic E-state index is -0.320. The first kappa shape index (κ1) is 11.1. The summed E-state index contributed by atoms with van der Waals surface area (Å²) in [7, 11) is 0. The van der Waals surface area contributed by atoms with Crippen molar-refractivity contribution in [1.82, 2.24) is 0 Å². The molecule has 0 aliphatic rings. The van der Waals surface area contributed by atoms with Crippen molar-refractivity contribution in [2.45, 2.75) is 26.2 Å². The Balaban J connectivity index is 2.54. The van der Waals surface area contributed by atoms with Crippen molar-refractivity contribution in [2.24, 2.45) is 0 Å². The zero-order valence-corrected chi connectivity index (χ0v) is 9.26. The van der Waals surface area contributed by atoms with E-state index in [4.69, 9.17) is 0 Å². The average Bonchev–Trinajstić information content (AvgIpc) is 2.25. The molecular formula is C14H14F2. The summed E-state index contributed by atoms with van der Waals surface area (Å²) < 4.78 is 26.4. The second-order valence-corrected chi connectivity index (χ2v) is 4.03. The van der Waals surface area contributed by atoms with Crippen molar-refractivity contribution in [3.8, 4) is 0 Å². The van der Waals surface area contributed by atoms with Crippen molar-refractivity contribution < 1.29 is 8.78 Å². The lowest BCUT2D eigenvalue weighted by atomic mass is 10.00. The van der Waals surface area contributed by atoms with Gasteiger partial charge in [-0.15, -0.1) is 0 Å². The van der Waals surface area contributed by atoms with Crippen LogP contribution in [0.25, 0.3) is 10.8 Å². The zero-order chi connectivity index (χ0) is 11.5. The van der Waals surface area contributed by atoms with Gasteiger partial charge in [-0.1, -0.05) is 19.4 Å². The van der Waals surface area contributed by atoms with Gasteiger partial charge in [-0.2, -0.15) is 0 Å². The standard InChI is InChI=1S/C14H14F2/c1-2-3-4-10-7-13(16)9-11-8-12(15)5-6-14(10)11/h5-9H,2-4H2,1H3. The SMILES string of the molecule is CCCCc1cc(F)cc2cc(F)ccc12. The van der Waals surface area contributed by atoms with Gasteiger partial charge in [-0.05, 0) is 53.4 Å². The first-order chi connectivity index (χ1) is 7.70. The molecule has 0 saturated heterocycles. The summed E-state index contributed by atoms with van der Waals surface area (Å²) in [5.74, 6) is -0.608. The quantitative estimate of drug-likeness (QED) is 0.716. The van der Waals surface area contributed by atoms with Gasteiger partial charge < -0.3 is 0 Å². The van der Waals surface area contributed by atoms with Gasteiger partial charge in [0, 0.05) is 0 Å². The van der Waals surface area contributed by atoms with Crippen LogP contribution in [-0.4, -0.2) is 0 Å². The van der Waals surface area contributed by atoms with Gasteiger partial charge in [0.05, 0.1) is 0 Å². The molecular weight excluding hydrogens is 206 g/mol. The Kier molecular flexibility index (Phi) is 3.18. The molecule has 2 heteroatoms. The number of unbranched alkanes of at least 4 members (excludes halogenated alkanes) is 1. The lowest BCUT2D eigenvalue weighted by Crippen LogP contribution is -1.90. The molecule has 0 aliphatic carbocycles. The summed E-state index contributed by atoms with van der Waals surface area (Å²) in [6.45, 7) is 2.10. The molecule has 0 atom stereocenters. The smallest absolute Gasteiger partial charge is 0.124 e. The van der Waals surface area contributed by atoms with Crippen LogP contribution in [0.4, 0.5) is 8.78 Å². The van der Waals surface area contributed by atoms with Crippen LogP contribution in [0, 0.1) is 11.6 Å². The lowest BCUT2D eigenvalue weighted by Gasteiger charge is -2.06. The molecule has 84 valence electrons. The fourth-order valence-corrected chi connectivity index (χ4v) is 1.95. The molecule has 0 unspecified atom stereocenters. The maximum absolute atomic E-state index is 13.3. The monoisotopic (exact) mass is 220 g/mol. The van der Waals surface area contributed by atoms with Gasteiger partial charge in [-0.25, -0.2) is 8.78 Å². The zero-order valence-electron chi connectivity index (χ0n) is 9.26. The highest BCUT2D eigenvalue weighted by atomic mass is 19.1. The van der Waals surface area contributed by atoms with Gasteiger partial charge in [0.2, 0.25) is 0 Å². The minimum absolute atomic E-state index is 0.288. The van der Waals surface area contributed by atoms with Gasteiger partial charge in [0.1, 0.15) is 11.6 Å². The Morgan fingerprint density at radius 1 is 1.00 bits per heavy atom. The Morgan fingerprint density at radius 2 is 1.75 bits per heavy atom. The Bertz CT molecular complexity index is 498. The Labute approximate surface area is 93.9 Å². The normalized spacial score (nSPS) is 10.9. The topological polar surface area (TPSA) is 0 Å². The largest absolute Gasteiger partial charge is 0.207 e. The van der Waals surface area contributed by atoms with E-state index >= 15 is 0 Å². The second-order valence-electron chi connectivity index (χ2n) is 4.03. The van der Waals surface area contributed by atoms with Crippen molar-refractivity contribution in [3.05, 3.63) is 47.5 Å². The van der Waals surface area contributed by atoms with Crippen LogP contribution in [0.2, 0.25) is 0 Å². The molecule has 2 aromatic rings. The molecule has 2 rings (SSSR count). The van der Waals surface area contributed by atoms with Crippen LogP contribution in [0.3, 0.4) is 0 Å². The molecule has 0 spiro atoms. The highest BCUT2D eigenvalue weighted by Crippen LogP contribution is 2.23. The fraction of sp³-hybridized carbons (Fsp3) is 0.286. The summed E-state index contributed by atoms with van der Waals surface area (Å²) in [6.07, 6.45) is 2.94. The van der Waals surface area contributed by atoms with Crippen molar-refractivity contribution >= 4 is 10.8 Å². The van der Waals surface area contributed by atoms with E-state index in [0.717, 1.165) is 30.2 Å². The van der Waals surface area contributed by atoms with E-state index in [0.29, 0.717) is 5.39 Å². The predicted octanol–water partition coefficient (Wildman–Crippen LogP) is 4.46. The van der Waals surface area contributed by atoms with E-state index < -0.39 is 0 Å². The summed E-state index contributed by atoms with van der Waals surface area (Å²) >= 11 is 0. The number of fused-ring (bicyclic) bond motifs is 1. The number of hydrogen-bond acceptors (Lipinski definition) is 0. The van der Waals surface area contributed by atoms with Crippen molar-refractivity contribution in [2.75, 3.05) is 0 Å². The Morgan fingerprint density at radius 3 is 2.50 bits per heavy atom. The minimum Gasteiger partial charge on any atom is -0.207 e. The highest BCUT2D eigenvalue weighted by molar-refractivity contribution is 5.85. The van der Waals surface area contributed by atoms with Crippen LogP contribution in [-0.2, 0) is 6.42 Å². The van der Waals surface area contributed by atoms with E-state index in [1.165, 1.54) is 18.2 Å². The third kappa shape index (κ3) is 2.21. The highest BCUT2D eigenvalue weighted by Gasteiger charge is 2.05. The maximum atomic E-state index is 13.3. The molecule has 0 aliphatic heterocycles. The first-order valence-corrected chi connectivity index (χ1v) is 5.58. The number of aryl methyl sites for hydroxylation is 1. The third-order valence-electron chi connectivity index (χ3n) is 2.76. The van der Waals surface area contributed by atoms with Gasteiger partial charge in [0.15, 0.2) is 0 Å². The molecule has 0 heterocycles. The van der Waals surface area contributed by atoms with E-state index in [1.807, 2.05) is 0 Å². The second kappa shape index (κ2) is 4.60. The number of benzene rings is 2. The van der Waals surface area contributed by atoms with Crippen LogP contribution >= 0.6 is 0 Å². The van der Waals surface area contributed by atoms with E-state index in [-0.39, 0.29) is 11.6 Å². The van der Waals surface area contributed by atoms with Crippen molar-refractivity contribution in [1.29, 1.82) is 0 Å². The molecule has 0 radical (unpaired) electrons. The molecule has 0 N–H and O–H groups in total. The molecule has 16 heavy (non-hydrogen) atoms. The predicted molar refractivity (Wildman–Crippen MR) is 62.5 cm³/mol. The van der Waals surface area contributed by atoms with Crippen LogP contribution in [0.5, 0.6) is 0 Å². The number of rotatable bonds is 3. The van der Waals surface area contributed by atoms with Crippen LogP contribution in [0.15, 0.2) is 30.3 Å². The number of halogens is 2. The third-order valence-corrected chi connectivity index (χ3v) is 2.76. The average molecular weight is 220 g/mol. The van der Waals surface area contributed by atoms with Gasteiger partial charge >= 0.3 is 0 Å². The molecule has 0 amide bonds. The Hall–Kier alpha value is -1.44. The van der Waals surface area contributed by atoms with Crippen molar-refractivity contribution in [3.63, 3.8) is 0 Å². The van der Waals surface area contributed by atoms with Crippen LogP contribution < -0.4 is 0 Å². The maximum Gasteiger partial charge on any atom is 0.124 e.